The van der Waals surface area contributed by atoms with Gasteiger partial charge in [0.25, 0.3) is 0 Å². The Balaban J connectivity index is 1.61. The molecule has 138 valence electrons. The van der Waals surface area contributed by atoms with Gasteiger partial charge in [-0.1, -0.05) is 66.7 Å². The molecule has 4 rings (SSSR count). The number of hydrogen-bond donors (Lipinski definition) is 1. The predicted molar refractivity (Wildman–Crippen MR) is 108 cm³/mol. The maximum Gasteiger partial charge on any atom is 0.130 e. The molecule has 0 saturated carbocycles. The lowest BCUT2D eigenvalue weighted by molar-refractivity contribution is 0.0109. The number of para-hydroxylation sites is 2. The summed E-state index contributed by atoms with van der Waals surface area (Å²) < 4.78 is 12.3. The van der Waals surface area contributed by atoms with E-state index in [9.17, 15) is 0 Å². The number of ether oxygens (including phenoxy) is 2. The molecule has 1 heterocycles. The Hall–Kier alpha value is -2.62. The second-order valence-electron chi connectivity index (χ2n) is 6.86. The van der Waals surface area contributed by atoms with Gasteiger partial charge < -0.3 is 14.8 Å². The molecule has 27 heavy (non-hydrogen) atoms. The van der Waals surface area contributed by atoms with E-state index in [0.29, 0.717) is 0 Å². The molecule has 0 amide bonds. The SMILES string of the molecule is c1ccc(Oc2ccccc2C[C@H](c2ccccc2)[C@@H]2CNCCO2)cc1. The van der Waals surface area contributed by atoms with Crippen molar-refractivity contribution in [2.24, 2.45) is 0 Å². The van der Waals surface area contributed by atoms with Gasteiger partial charge in [0, 0.05) is 19.0 Å². The Kier molecular flexibility index (Phi) is 5.83. The Labute approximate surface area is 161 Å². The summed E-state index contributed by atoms with van der Waals surface area (Å²) in [7, 11) is 0. The summed E-state index contributed by atoms with van der Waals surface area (Å²) in [4.78, 5) is 0. The van der Waals surface area contributed by atoms with Crippen molar-refractivity contribution in [2.45, 2.75) is 18.4 Å². The summed E-state index contributed by atoms with van der Waals surface area (Å²) in [5.74, 6) is 2.05. The van der Waals surface area contributed by atoms with Crippen LogP contribution in [0.3, 0.4) is 0 Å². The van der Waals surface area contributed by atoms with Gasteiger partial charge in [-0.15, -0.1) is 0 Å². The standard InChI is InChI=1S/C24H25NO2/c1-3-9-19(10-4-1)22(24-18-25-15-16-26-24)17-20-11-7-8-14-23(20)27-21-12-5-2-6-13-21/h1-14,22,24-25H,15-18H2/t22-,24+/m1/s1. The first-order chi connectivity index (χ1) is 13.4. The summed E-state index contributed by atoms with van der Waals surface area (Å²) in [6, 6.07) is 28.9. The highest BCUT2D eigenvalue weighted by atomic mass is 16.5. The minimum atomic E-state index is 0.158. The second kappa shape index (κ2) is 8.85. The third-order valence-corrected chi connectivity index (χ3v) is 5.02. The highest BCUT2D eigenvalue weighted by molar-refractivity contribution is 5.39. The average Bonchev–Trinajstić information content (AvgIpc) is 2.75. The van der Waals surface area contributed by atoms with E-state index in [-0.39, 0.29) is 12.0 Å². The monoisotopic (exact) mass is 359 g/mol. The van der Waals surface area contributed by atoms with Crippen LogP contribution in [0.4, 0.5) is 0 Å². The fraction of sp³-hybridized carbons (Fsp3) is 0.250. The topological polar surface area (TPSA) is 30.5 Å². The van der Waals surface area contributed by atoms with Crippen molar-refractivity contribution in [1.29, 1.82) is 0 Å². The Morgan fingerprint density at radius 1 is 0.889 bits per heavy atom. The molecule has 3 heteroatoms. The van der Waals surface area contributed by atoms with E-state index in [1.54, 1.807) is 0 Å². The molecule has 1 fully saturated rings. The fourth-order valence-corrected chi connectivity index (χ4v) is 3.63. The number of nitrogens with one attached hydrogen (secondary N) is 1. The largest absolute Gasteiger partial charge is 0.457 e. The van der Waals surface area contributed by atoms with Gasteiger partial charge in [0.1, 0.15) is 11.5 Å². The lowest BCUT2D eigenvalue weighted by atomic mass is 9.86. The van der Waals surface area contributed by atoms with Crippen molar-refractivity contribution in [1.82, 2.24) is 5.32 Å². The van der Waals surface area contributed by atoms with Crippen molar-refractivity contribution in [3.05, 3.63) is 96.1 Å². The highest BCUT2D eigenvalue weighted by Crippen LogP contribution is 2.32. The van der Waals surface area contributed by atoms with E-state index in [1.807, 2.05) is 42.5 Å². The molecule has 0 bridgehead atoms. The van der Waals surface area contributed by atoms with Gasteiger partial charge in [-0.3, -0.25) is 0 Å². The average molecular weight is 359 g/mol. The van der Waals surface area contributed by atoms with Gasteiger partial charge in [-0.05, 0) is 35.7 Å². The van der Waals surface area contributed by atoms with E-state index in [1.165, 1.54) is 11.1 Å². The van der Waals surface area contributed by atoms with Crippen LogP contribution in [0.1, 0.15) is 17.0 Å². The summed E-state index contributed by atoms with van der Waals surface area (Å²) in [6.45, 7) is 2.56. The smallest absolute Gasteiger partial charge is 0.130 e. The molecular formula is C24H25NO2. The van der Waals surface area contributed by atoms with Crippen LogP contribution in [0.2, 0.25) is 0 Å². The van der Waals surface area contributed by atoms with Gasteiger partial charge in [-0.2, -0.15) is 0 Å². The second-order valence-corrected chi connectivity index (χ2v) is 6.86. The molecule has 3 aromatic carbocycles. The van der Waals surface area contributed by atoms with Crippen molar-refractivity contribution in [3.63, 3.8) is 0 Å². The van der Waals surface area contributed by atoms with Crippen LogP contribution >= 0.6 is 0 Å². The normalized spacial score (nSPS) is 18.0. The van der Waals surface area contributed by atoms with Gasteiger partial charge in [0.05, 0.1) is 12.7 Å². The maximum atomic E-state index is 6.18. The third-order valence-electron chi connectivity index (χ3n) is 5.02. The number of morpholine rings is 1. The first-order valence-electron chi connectivity index (χ1n) is 9.58. The molecule has 0 spiro atoms. The summed E-state index contributed by atoms with van der Waals surface area (Å²) in [5.41, 5.74) is 2.50. The zero-order valence-corrected chi connectivity index (χ0v) is 15.4. The Morgan fingerprint density at radius 2 is 1.59 bits per heavy atom. The first kappa shape index (κ1) is 17.8. The number of benzene rings is 3. The first-order valence-corrected chi connectivity index (χ1v) is 9.58. The van der Waals surface area contributed by atoms with Crippen LogP contribution in [0.15, 0.2) is 84.9 Å². The minimum Gasteiger partial charge on any atom is -0.457 e. The van der Waals surface area contributed by atoms with E-state index >= 15 is 0 Å². The zero-order chi connectivity index (χ0) is 18.3. The summed E-state index contributed by atoms with van der Waals surface area (Å²) >= 11 is 0. The minimum absolute atomic E-state index is 0.158. The van der Waals surface area contributed by atoms with Crippen molar-refractivity contribution < 1.29 is 9.47 Å². The van der Waals surface area contributed by atoms with Crippen LogP contribution < -0.4 is 10.1 Å². The van der Waals surface area contributed by atoms with E-state index in [4.69, 9.17) is 9.47 Å². The molecule has 1 aliphatic heterocycles. The number of rotatable bonds is 6. The molecule has 3 nitrogen and oxygen atoms in total. The van der Waals surface area contributed by atoms with Crippen molar-refractivity contribution in [2.75, 3.05) is 19.7 Å². The van der Waals surface area contributed by atoms with Gasteiger partial charge in [-0.25, -0.2) is 0 Å². The Bertz CT molecular complexity index is 829. The van der Waals surface area contributed by atoms with Crippen LogP contribution in [0.5, 0.6) is 11.5 Å². The molecule has 1 N–H and O–H groups in total. The van der Waals surface area contributed by atoms with Gasteiger partial charge in [0.2, 0.25) is 0 Å². The van der Waals surface area contributed by atoms with E-state index in [0.717, 1.165) is 37.6 Å². The molecular weight excluding hydrogens is 334 g/mol. The molecule has 1 saturated heterocycles. The van der Waals surface area contributed by atoms with Crippen molar-refractivity contribution in [3.8, 4) is 11.5 Å². The predicted octanol–water partition coefficient (Wildman–Crippen LogP) is 4.79. The van der Waals surface area contributed by atoms with Gasteiger partial charge >= 0.3 is 0 Å². The van der Waals surface area contributed by atoms with Crippen molar-refractivity contribution >= 4 is 0 Å². The highest BCUT2D eigenvalue weighted by Gasteiger charge is 2.27. The van der Waals surface area contributed by atoms with Gasteiger partial charge in [0.15, 0.2) is 0 Å². The molecule has 1 aliphatic rings. The lowest BCUT2D eigenvalue weighted by Gasteiger charge is -2.32. The van der Waals surface area contributed by atoms with Crippen LogP contribution in [0.25, 0.3) is 0 Å². The molecule has 0 radical (unpaired) electrons. The van der Waals surface area contributed by atoms with E-state index in [2.05, 4.69) is 47.8 Å². The van der Waals surface area contributed by atoms with E-state index < -0.39 is 0 Å². The lowest BCUT2D eigenvalue weighted by Crippen LogP contribution is -2.42. The zero-order valence-electron chi connectivity index (χ0n) is 15.4. The molecule has 0 aliphatic carbocycles. The van der Waals surface area contributed by atoms with Crippen LogP contribution in [-0.2, 0) is 11.2 Å². The molecule has 3 aromatic rings. The molecule has 2 atom stereocenters. The van der Waals surface area contributed by atoms with Crippen LogP contribution in [-0.4, -0.2) is 25.8 Å². The third kappa shape index (κ3) is 4.57. The molecule has 0 unspecified atom stereocenters. The Morgan fingerprint density at radius 3 is 2.33 bits per heavy atom. The fourth-order valence-electron chi connectivity index (χ4n) is 3.63. The maximum absolute atomic E-state index is 6.18. The quantitative estimate of drug-likeness (QED) is 0.686. The van der Waals surface area contributed by atoms with Crippen LogP contribution in [0, 0.1) is 0 Å². The number of hydrogen-bond acceptors (Lipinski definition) is 3. The molecule has 0 aromatic heterocycles. The summed E-state index contributed by atoms with van der Waals surface area (Å²) in [6.07, 6.45) is 1.03. The summed E-state index contributed by atoms with van der Waals surface area (Å²) in [5, 5.41) is 3.47.